The Morgan fingerprint density at radius 1 is 1.13 bits per heavy atom. The van der Waals surface area contributed by atoms with E-state index in [4.69, 9.17) is 9.47 Å². The van der Waals surface area contributed by atoms with Crippen LogP contribution in [0.15, 0.2) is 24.3 Å². The molecule has 1 N–H and O–H groups in total. The Hall–Kier alpha value is -2.08. The van der Waals surface area contributed by atoms with Gasteiger partial charge in [-0.05, 0) is 43.5 Å². The first-order valence-corrected chi connectivity index (χ1v) is 8.01. The first-order valence-electron chi connectivity index (χ1n) is 8.01. The lowest BCUT2D eigenvalue weighted by Gasteiger charge is -2.11. The van der Waals surface area contributed by atoms with Crippen molar-refractivity contribution in [2.45, 2.75) is 47.0 Å². The van der Waals surface area contributed by atoms with E-state index >= 15 is 0 Å². The first kappa shape index (κ1) is 17.3. The Balaban J connectivity index is 2.02. The Morgan fingerprint density at radius 2 is 1.78 bits per heavy atom. The highest BCUT2D eigenvalue weighted by Crippen LogP contribution is 2.19. The van der Waals surface area contributed by atoms with Gasteiger partial charge in [-0.25, -0.2) is 4.68 Å². The highest BCUT2D eigenvalue weighted by Gasteiger charge is 2.13. The van der Waals surface area contributed by atoms with Gasteiger partial charge in [0.2, 0.25) is 0 Å². The molecule has 126 valence electrons. The number of rotatable bonds is 9. The molecule has 0 atom stereocenters. The number of aliphatic hydroxyl groups excluding tert-OH is 1. The van der Waals surface area contributed by atoms with E-state index in [1.165, 1.54) is 0 Å². The fourth-order valence-corrected chi connectivity index (χ4v) is 2.16. The van der Waals surface area contributed by atoms with Crippen LogP contribution in [0.25, 0.3) is 0 Å². The topological polar surface area (TPSA) is 69.4 Å². The van der Waals surface area contributed by atoms with Crippen LogP contribution in [-0.4, -0.2) is 26.7 Å². The van der Waals surface area contributed by atoms with Gasteiger partial charge in [-0.3, -0.25) is 0 Å². The van der Waals surface area contributed by atoms with E-state index in [2.05, 4.69) is 24.2 Å². The van der Waals surface area contributed by atoms with Crippen molar-refractivity contribution in [3.63, 3.8) is 0 Å². The molecular weight excluding hydrogens is 294 g/mol. The predicted molar refractivity (Wildman–Crippen MR) is 87.3 cm³/mol. The van der Waals surface area contributed by atoms with Gasteiger partial charge in [-0.15, -0.1) is 5.10 Å². The summed E-state index contributed by atoms with van der Waals surface area (Å²) in [4.78, 5) is 0. The standard InChI is InChI=1S/C17H25N3O3/c1-4-22-14-5-7-15(8-6-14)23-12-17-16(11-21)18-19-20(17)10-9-13(2)3/h5-8,13,21H,4,9-12H2,1-3H3. The maximum absolute atomic E-state index is 9.41. The lowest BCUT2D eigenvalue weighted by Crippen LogP contribution is -2.11. The van der Waals surface area contributed by atoms with E-state index in [1.54, 1.807) is 0 Å². The van der Waals surface area contributed by atoms with Crippen LogP contribution in [0.2, 0.25) is 0 Å². The van der Waals surface area contributed by atoms with Crippen LogP contribution in [0.5, 0.6) is 11.5 Å². The third-order valence-electron chi connectivity index (χ3n) is 3.50. The zero-order valence-corrected chi connectivity index (χ0v) is 14.0. The van der Waals surface area contributed by atoms with Gasteiger partial charge in [0.15, 0.2) is 0 Å². The van der Waals surface area contributed by atoms with Gasteiger partial charge in [0.05, 0.1) is 13.2 Å². The Bertz CT molecular complexity index is 594. The Morgan fingerprint density at radius 3 is 2.35 bits per heavy atom. The molecule has 0 spiro atoms. The summed E-state index contributed by atoms with van der Waals surface area (Å²) in [6.07, 6.45) is 1.00. The van der Waals surface area contributed by atoms with E-state index in [0.29, 0.717) is 24.8 Å². The molecule has 2 rings (SSSR count). The molecule has 1 heterocycles. The Labute approximate surface area is 137 Å². The summed E-state index contributed by atoms with van der Waals surface area (Å²) >= 11 is 0. The van der Waals surface area contributed by atoms with E-state index in [0.717, 1.165) is 30.2 Å². The molecule has 0 aliphatic rings. The molecule has 2 aromatic rings. The molecular formula is C17H25N3O3. The molecule has 0 fully saturated rings. The second-order valence-corrected chi connectivity index (χ2v) is 5.74. The van der Waals surface area contributed by atoms with Crippen LogP contribution in [0, 0.1) is 5.92 Å². The smallest absolute Gasteiger partial charge is 0.132 e. The molecule has 1 aromatic heterocycles. The average molecular weight is 319 g/mol. The third kappa shape index (κ3) is 4.96. The molecule has 0 aliphatic heterocycles. The van der Waals surface area contributed by atoms with Crippen molar-refractivity contribution in [3.05, 3.63) is 35.7 Å². The maximum atomic E-state index is 9.41. The van der Waals surface area contributed by atoms with Crippen molar-refractivity contribution in [3.8, 4) is 11.5 Å². The van der Waals surface area contributed by atoms with E-state index in [9.17, 15) is 5.11 Å². The molecule has 6 heteroatoms. The van der Waals surface area contributed by atoms with Crippen molar-refractivity contribution >= 4 is 0 Å². The summed E-state index contributed by atoms with van der Waals surface area (Å²) in [5, 5.41) is 17.6. The number of nitrogens with zero attached hydrogens (tertiary/aromatic N) is 3. The van der Waals surface area contributed by atoms with Crippen LogP contribution in [0.4, 0.5) is 0 Å². The summed E-state index contributed by atoms with van der Waals surface area (Å²) in [6, 6.07) is 7.48. The minimum Gasteiger partial charge on any atom is -0.494 e. The summed E-state index contributed by atoms with van der Waals surface area (Å²) in [6.45, 7) is 7.89. The van der Waals surface area contributed by atoms with E-state index in [1.807, 2.05) is 35.9 Å². The summed E-state index contributed by atoms with van der Waals surface area (Å²) in [5.74, 6) is 2.14. The molecule has 0 aliphatic carbocycles. The molecule has 0 saturated heterocycles. The largest absolute Gasteiger partial charge is 0.494 e. The van der Waals surface area contributed by atoms with Crippen LogP contribution in [-0.2, 0) is 19.8 Å². The van der Waals surface area contributed by atoms with Gasteiger partial charge in [0, 0.05) is 6.54 Å². The first-order chi connectivity index (χ1) is 11.1. The van der Waals surface area contributed by atoms with Gasteiger partial charge < -0.3 is 14.6 Å². The molecule has 0 bridgehead atoms. The summed E-state index contributed by atoms with van der Waals surface area (Å²) in [7, 11) is 0. The highest BCUT2D eigenvalue weighted by atomic mass is 16.5. The second-order valence-electron chi connectivity index (χ2n) is 5.74. The van der Waals surface area contributed by atoms with Crippen molar-refractivity contribution < 1.29 is 14.6 Å². The van der Waals surface area contributed by atoms with Crippen LogP contribution < -0.4 is 9.47 Å². The summed E-state index contributed by atoms with van der Waals surface area (Å²) < 4.78 is 13.0. The van der Waals surface area contributed by atoms with Gasteiger partial charge in [0.25, 0.3) is 0 Å². The van der Waals surface area contributed by atoms with E-state index in [-0.39, 0.29) is 6.61 Å². The number of aromatic nitrogens is 3. The normalized spacial score (nSPS) is 11.0. The minimum atomic E-state index is -0.135. The maximum Gasteiger partial charge on any atom is 0.132 e. The predicted octanol–water partition coefficient (Wildman–Crippen LogP) is 2.79. The molecule has 0 unspecified atom stereocenters. The van der Waals surface area contributed by atoms with Crippen molar-refractivity contribution in [2.75, 3.05) is 6.61 Å². The molecule has 0 saturated carbocycles. The zero-order valence-electron chi connectivity index (χ0n) is 14.0. The van der Waals surface area contributed by atoms with Crippen molar-refractivity contribution in [1.82, 2.24) is 15.0 Å². The number of aryl methyl sites for hydroxylation is 1. The number of aliphatic hydroxyl groups is 1. The monoisotopic (exact) mass is 319 g/mol. The van der Waals surface area contributed by atoms with Gasteiger partial charge in [0.1, 0.15) is 29.5 Å². The lowest BCUT2D eigenvalue weighted by molar-refractivity contribution is 0.260. The fraction of sp³-hybridized carbons (Fsp3) is 0.529. The minimum absolute atomic E-state index is 0.135. The third-order valence-corrected chi connectivity index (χ3v) is 3.50. The molecule has 1 aromatic carbocycles. The molecule has 0 radical (unpaired) electrons. The SMILES string of the molecule is CCOc1ccc(OCc2c(CO)nnn2CCC(C)C)cc1. The van der Waals surface area contributed by atoms with Crippen LogP contribution in [0.1, 0.15) is 38.6 Å². The fourth-order valence-electron chi connectivity index (χ4n) is 2.16. The number of hydrogen-bond donors (Lipinski definition) is 1. The van der Waals surface area contributed by atoms with Crippen LogP contribution in [0.3, 0.4) is 0 Å². The zero-order chi connectivity index (χ0) is 16.7. The van der Waals surface area contributed by atoms with Gasteiger partial charge in [-0.1, -0.05) is 19.1 Å². The van der Waals surface area contributed by atoms with E-state index < -0.39 is 0 Å². The molecule has 0 amide bonds. The van der Waals surface area contributed by atoms with Crippen molar-refractivity contribution in [1.29, 1.82) is 0 Å². The van der Waals surface area contributed by atoms with Crippen molar-refractivity contribution in [2.24, 2.45) is 5.92 Å². The summed E-state index contributed by atoms with van der Waals surface area (Å²) in [5.41, 5.74) is 1.39. The highest BCUT2D eigenvalue weighted by molar-refractivity contribution is 5.31. The molecule has 6 nitrogen and oxygen atoms in total. The van der Waals surface area contributed by atoms with Gasteiger partial charge >= 0.3 is 0 Å². The number of benzene rings is 1. The quantitative estimate of drug-likeness (QED) is 0.769. The van der Waals surface area contributed by atoms with Crippen LogP contribution >= 0.6 is 0 Å². The number of ether oxygens (including phenoxy) is 2. The number of hydrogen-bond acceptors (Lipinski definition) is 5. The Kier molecular flexibility index (Phi) is 6.40. The lowest BCUT2D eigenvalue weighted by atomic mass is 10.1. The average Bonchev–Trinajstić information content (AvgIpc) is 2.94. The molecule has 23 heavy (non-hydrogen) atoms. The second kappa shape index (κ2) is 8.53. The van der Waals surface area contributed by atoms with Gasteiger partial charge in [-0.2, -0.15) is 0 Å².